The van der Waals surface area contributed by atoms with Crippen LogP contribution in [0.2, 0.25) is 0 Å². The summed E-state index contributed by atoms with van der Waals surface area (Å²) in [4.78, 5) is 28.6. The van der Waals surface area contributed by atoms with Gasteiger partial charge in [0, 0.05) is 61.3 Å². The highest BCUT2D eigenvalue weighted by molar-refractivity contribution is 6.02. The fourth-order valence-corrected chi connectivity index (χ4v) is 5.17. The summed E-state index contributed by atoms with van der Waals surface area (Å²) in [5.74, 6) is 2.83. The van der Waals surface area contributed by atoms with E-state index in [0.717, 1.165) is 73.9 Å². The molecule has 4 aromatic heterocycles. The van der Waals surface area contributed by atoms with E-state index >= 15 is 0 Å². The molecule has 230 valence electrons. The first-order chi connectivity index (χ1) is 22.0. The summed E-state index contributed by atoms with van der Waals surface area (Å²) in [5.41, 5.74) is 5.21. The Morgan fingerprint density at radius 3 is 2.62 bits per heavy atom. The number of amides is 1. The van der Waals surface area contributed by atoms with Gasteiger partial charge in [0.05, 0.1) is 24.6 Å². The Labute approximate surface area is 260 Å². The molecule has 1 aliphatic heterocycles. The molecule has 5 aromatic rings. The summed E-state index contributed by atoms with van der Waals surface area (Å²) < 4.78 is 12.4. The second-order valence-corrected chi connectivity index (χ2v) is 11.4. The molecule has 1 saturated heterocycles. The van der Waals surface area contributed by atoms with Gasteiger partial charge in [0.2, 0.25) is 5.76 Å². The van der Waals surface area contributed by atoms with E-state index in [-0.39, 0.29) is 11.7 Å². The number of nitrogens with zero attached hydrogens (tertiary/aromatic N) is 7. The number of morpholine rings is 1. The van der Waals surface area contributed by atoms with Crippen LogP contribution < -0.4 is 16.0 Å². The van der Waals surface area contributed by atoms with Crippen LogP contribution in [-0.2, 0) is 11.3 Å². The number of pyridine rings is 1. The molecule has 0 spiro atoms. The van der Waals surface area contributed by atoms with Crippen molar-refractivity contribution in [3.63, 3.8) is 0 Å². The molecule has 13 heteroatoms. The molecule has 0 radical (unpaired) electrons. The van der Waals surface area contributed by atoms with Crippen LogP contribution in [0.3, 0.4) is 0 Å². The number of nitrogens with one attached hydrogen (secondary N) is 3. The molecule has 1 aliphatic carbocycles. The molecule has 1 amide bonds. The van der Waals surface area contributed by atoms with Crippen LogP contribution in [0.5, 0.6) is 0 Å². The smallest absolute Gasteiger partial charge is 0.294 e. The van der Waals surface area contributed by atoms with E-state index in [1.54, 1.807) is 10.7 Å². The van der Waals surface area contributed by atoms with Crippen LogP contribution in [0.25, 0.3) is 5.82 Å². The zero-order chi connectivity index (χ0) is 30.8. The zero-order valence-electron chi connectivity index (χ0n) is 25.2. The maximum Gasteiger partial charge on any atom is 0.294 e. The largest absolute Gasteiger partial charge is 0.379 e. The van der Waals surface area contributed by atoms with Gasteiger partial charge in [-0.25, -0.2) is 15.0 Å². The highest BCUT2D eigenvalue weighted by Gasteiger charge is 2.28. The second kappa shape index (κ2) is 12.5. The predicted molar refractivity (Wildman–Crippen MR) is 168 cm³/mol. The summed E-state index contributed by atoms with van der Waals surface area (Å²) in [6.07, 6.45) is 5.55. The van der Waals surface area contributed by atoms with Crippen LogP contribution in [-0.4, -0.2) is 67.0 Å². The molecule has 45 heavy (non-hydrogen) atoms. The van der Waals surface area contributed by atoms with Gasteiger partial charge in [0.1, 0.15) is 23.8 Å². The Bertz CT molecular complexity index is 1810. The van der Waals surface area contributed by atoms with Gasteiger partial charge in [0.25, 0.3) is 5.91 Å². The van der Waals surface area contributed by atoms with Gasteiger partial charge in [-0.05, 0) is 56.0 Å². The van der Waals surface area contributed by atoms with Crippen LogP contribution in [0.15, 0.2) is 65.6 Å². The number of rotatable bonds is 10. The van der Waals surface area contributed by atoms with Crippen molar-refractivity contribution in [1.82, 2.24) is 34.8 Å². The number of hydrogen-bond donors (Lipinski definition) is 3. The summed E-state index contributed by atoms with van der Waals surface area (Å²) in [5, 5.41) is 18.4. The summed E-state index contributed by atoms with van der Waals surface area (Å²) in [6.45, 7) is 8.16. The lowest BCUT2D eigenvalue weighted by Crippen LogP contribution is -2.35. The fraction of sp³-hybridized carbons (Fsp3) is 0.312. The molecule has 1 aromatic carbocycles. The minimum Gasteiger partial charge on any atom is -0.379 e. The standard InChI is InChI=1S/C32H34N10O3/c1-20-3-7-24(36-32(43)27-15-26(40-45-27)23-5-6-23)14-25(20)37-31-13-21(2)39-42(31)30-16-29(34-19-35-30)38-28-8-4-22(17-33-28)18-41-9-11-44-12-10-41/h3-4,7-8,13-17,19,23,37H,5-6,9-12,18H2,1-2H3,(H,36,43)(H,33,34,35,38). The van der Waals surface area contributed by atoms with Crippen molar-refractivity contribution < 1.29 is 14.1 Å². The van der Waals surface area contributed by atoms with Gasteiger partial charge in [0.15, 0.2) is 5.82 Å². The molecular formula is C32H34N10O3. The molecule has 0 atom stereocenters. The van der Waals surface area contributed by atoms with E-state index in [9.17, 15) is 4.79 Å². The van der Waals surface area contributed by atoms with E-state index in [2.05, 4.69) is 52.1 Å². The highest BCUT2D eigenvalue weighted by Crippen LogP contribution is 2.39. The third-order valence-corrected chi connectivity index (χ3v) is 7.80. The normalized spacial score (nSPS) is 15.2. The summed E-state index contributed by atoms with van der Waals surface area (Å²) in [6, 6.07) is 15.2. The molecule has 0 bridgehead atoms. The number of ether oxygens (including phenoxy) is 1. The quantitative estimate of drug-likeness (QED) is 0.195. The van der Waals surface area contributed by atoms with Crippen LogP contribution >= 0.6 is 0 Å². The lowest BCUT2D eigenvalue weighted by Gasteiger charge is -2.26. The minimum absolute atomic E-state index is 0.202. The molecule has 1 saturated carbocycles. The first-order valence-corrected chi connectivity index (χ1v) is 15.0. The molecule has 7 rings (SSSR count). The lowest BCUT2D eigenvalue weighted by atomic mass is 10.1. The summed E-state index contributed by atoms with van der Waals surface area (Å²) >= 11 is 0. The SMILES string of the molecule is Cc1cc(Nc2cc(NC(=O)c3cc(C4CC4)no3)ccc2C)n(-c2cc(Nc3ccc(CN4CCOCC4)cn3)ncn2)n1. The van der Waals surface area contributed by atoms with Crippen molar-refractivity contribution in [2.45, 2.75) is 39.2 Å². The maximum absolute atomic E-state index is 12.8. The Hall–Kier alpha value is -5.14. The van der Waals surface area contributed by atoms with Crippen molar-refractivity contribution in [3.8, 4) is 5.82 Å². The minimum atomic E-state index is -0.340. The van der Waals surface area contributed by atoms with Crippen molar-refractivity contribution in [3.05, 3.63) is 89.3 Å². The van der Waals surface area contributed by atoms with Crippen molar-refractivity contribution in [2.75, 3.05) is 42.3 Å². The number of carbonyl (C=O) groups is 1. The zero-order valence-corrected chi connectivity index (χ0v) is 25.2. The number of carbonyl (C=O) groups excluding carboxylic acids is 1. The molecule has 0 unspecified atom stereocenters. The third kappa shape index (κ3) is 6.84. The molecular weight excluding hydrogens is 572 g/mol. The average molecular weight is 607 g/mol. The van der Waals surface area contributed by atoms with E-state index in [0.29, 0.717) is 34.9 Å². The molecule has 2 fully saturated rings. The highest BCUT2D eigenvalue weighted by atomic mass is 16.5. The van der Waals surface area contributed by atoms with Gasteiger partial charge < -0.3 is 25.2 Å². The Morgan fingerprint density at radius 1 is 0.956 bits per heavy atom. The first-order valence-electron chi connectivity index (χ1n) is 15.0. The van der Waals surface area contributed by atoms with E-state index < -0.39 is 0 Å². The van der Waals surface area contributed by atoms with Gasteiger partial charge in [-0.1, -0.05) is 17.3 Å². The molecule has 5 heterocycles. The van der Waals surface area contributed by atoms with Crippen LogP contribution in [0, 0.1) is 13.8 Å². The molecule has 13 nitrogen and oxygen atoms in total. The summed E-state index contributed by atoms with van der Waals surface area (Å²) in [7, 11) is 0. The monoisotopic (exact) mass is 606 g/mol. The Kier molecular flexibility index (Phi) is 7.92. The van der Waals surface area contributed by atoms with Gasteiger partial charge in [-0.2, -0.15) is 9.78 Å². The number of aromatic nitrogens is 6. The number of benzene rings is 1. The topological polar surface area (TPSA) is 148 Å². The second-order valence-electron chi connectivity index (χ2n) is 11.4. The first kappa shape index (κ1) is 28.6. The number of hydrogen-bond acceptors (Lipinski definition) is 11. The van der Waals surface area contributed by atoms with E-state index in [1.165, 1.54) is 6.33 Å². The molecule has 3 N–H and O–H groups in total. The van der Waals surface area contributed by atoms with Gasteiger partial charge in [-0.15, -0.1) is 0 Å². The van der Waals surface area contributed by atoms with Crippen molar-refractivity contribution >= 4 is 34.7 Å². The Balaban J connectivity index is 1.04. The van der Waals surface area contributed by atoms with Gasteiger partial charge in [-0.3, -0.25) is 9.69 Å². The van der Waals surface area contributed by atoms with Crippen LogP contribution in [0.4, 0.5) is 28.8 Å². The average Bonchev–Trinajstić information content (AvgIpc) is 3.66. The van der Waals surface area contributed by atoms with Crippen molar-refractivity contribution in [1.29, 1.82) is 0 Å². The van der Waals surface area contributed by atoms with Crippen molar-refractivity contribution in [2.24, 2.45) is 0 Å². The molecule has 2 aliphatic rings. The number of anilines is 5. The maximum atomic E-state index is 12.8. The van der Waals surface area contributed by atoms with Gasteiger partial charge >= 0.3 is 0 Å². The predicted octanol–water partition coefficient (Wildman–Crippen LogP) is 5.11. The van der Waals surface area contributed by atoms with E-state index in [1.807, 2.05) is 56.4 Å². The third-order valence-electron chi connectivity index (χ3n) is 7.80. The van der Waals surface area contributed by atoms with Crippen LogP contribution in [0.1, 0.15) is 51.8 Å². The fourth-order valence-electron chi connectivity index (χ4n) is 5.17. The Morgan fingerprint density at radius 2 is 1.82 bits per heavy atom. The van der Waals surface area contributed by atoms with E-state index in [4.69, 9.17) is 9.26 Å². The lowest BCUT2D eigenvalue weighted by molar-refractivity contribution is 0.0341. The number of aryl methyl sites for hydroxylation is 2.